The van der Waals surface area contributed by atoms with E-state index in [-0.39, 0.29) is 24.2 Å². The van der Waals surface area contributed by atoms with Crippen LogP contribution in [0, 0.1) is 12.7 Å². The van der Waals surface area contributed by atoms with Crippen LogP contribution in [0.1, 0.15) is 63.3 Å². The lowest BCUT2D eigenvalue weighted by molar-refractivity contribution is -0.289. The van der Waals surface area contributed by atoms with Crippen molar-refractivity contribution in [2.24, 2.45) is 0 Å². The highest BCUT2D eigenvalue weighted by Gasteiger charge is 2.35. The summed E-state index contributed by atoms with van der Waals surface area (Å²) in [6.45, 7) is 9.50. The summed E-state index contributed by atoms with van der Waals surface area (Å²) in [5, 5.41) is 2.92. The lowest BCUT2D eigenvalue weighted by atomic mass is 9.97. The van der Waals surface area contributed by atoms with E-state index in [1.54, 1.807) is 26.0 Å². The van der Waals surface area contributed by atoms with Crippen LogP contribution in [0.3, 0.4) is 0 Å². The minimum atomic E-state index is -3.63. The Kier molecular flexibility index (Phi) is 9.68. The van der Waals surface area contributed by atoms with Gasteiger partial charge in [-0.05, 0) is 63.1 Å². The molecular formula is C32H39FN4O5S. The summed E-state index contributed by atoms with van der Waals surface area (Å²) in [6, 6.07) is 13.4. The first kappa shape index (κ1) is 32.2. The number of hydrogen-bond donors (Lipinski definition) is 1. The Morgan fingerprint density at radius 2 is 1.77 bits per heavy atom. The molecule has 3 aromatic rings. The van der Waals surface area contributed by atoms with E-state index in [0.29, 0.717) is 28.9 Å². The SMILES string of the molecule is Cc1ccc(NC(=O)C[C@H]2C[C@@H](/C=C/c3c(-c4ccc(F)cc4)nc(N(C)S(C)(=O)=O)nc3C(C)C)OC(C)(C)O2)cc1. The quantitative estimate of drug-likeness (QED) is 0.313. The average Bonchev–Trinajstić information content (AvgIpc) is 2.91. The number of nitrogens with one attached hydrogen (secondary N) is 1. The van der Waals surface area contributed by atoms with Crippen LogP contribution in [0.15, 0.2) is 54.6 Å². The van der Waals surface area contributed by atoms with Crippen molar-refractivity contribution in [2.75, 3.05) is 22.9 Å². The standard InChI is InChI=1S/C32H39FN4O5S/c1-20(2)29-27(30(22-10-12-23(33)13-11-22)36-31(35-29)37(6)43(7,39)40)17-16-25-18-26(42-32(4,5)41-25)19-28(38)34-24-14-8-21(3)9-15-24/h8-17,20,25-26H,18-19H2,1-7H3,(H,34,38)/b17-16+/t25-,26-/m1/s1. The number of carbonyl (C=O) groups is 1. The van der Waals surface area contributed by atoms with E-state index in [1.807, 2.05) is 57.2 Å². The molecule has 230 valence electrons. The lowest BCUT2D eigenvalue weighted by Crippen LogP contribution is -2.45. The van der Waals surface area contributed by atoms with Crippen molar-refractivity contribution in [3.8, 4) is 11.3 Å². The molecule has 2 aromatic carbocycles. The van der Waals surface area contributed by atoms with Crippen molar-refractivity contribution in [1.29, 1.82) is 0 Å². The summed E-state index contributed by atoms with van der Waals surface area (Å²) >= 11 is 0. The molecular weight excluding hydrogens is 571 g/mol. The molecule has 0 spiro atoms. The molecule has 1 fully saturated rings. The maximum absolute atomic E-state index is 13.8. The second-order valence-corrected chi connectivity index (χ2v) is 13.6. The smallest absolute Gasteiger partial charge is 0.239 e. The molecule has 0 aliphatic carbocycles. The Hall–Kier alpha value is -3.67. The second-order valence-electron chi connectivity index (χ2n) is 11.6. The van der Waals surface area contributed by atoms with Crippen LogP contribution in [-0.2, 0) is 24.3 Å². The average molecular weight is 611 g/mol. The van der Waals surface area contributed by atoms with E-state index >= 15 is 0 Å². The van der Waals surface area contributed by atoms with Crippen LogP contribution in [0.2, 0.25) is 0 Å². The van der Waals surface area contributed by atoms with Gasteiger partial charge in [-0.1, -0.05) is 43.7 Å². The summed E-state index contributed by atoms with van der Waals surface area (Å²) in [5.74, 6) is -1.58. The molecule has 1 saturated heterocycles. The van der Waals surface area contributed by atoms with Gasteiger partial charge >= 0.3 is 0 Å². The van der Waals surface area contributed by atoms with E-state index in [1.165, 1.54) is 19.2 Å². The van der Waals surface area contributed by atoms with Gasteiger partial charge in [-0.15, -0.1) is 0 Å². The number of anilines is 2. The van der Waals surface area contributed by atoms with Crippen molar-refractivity contribution in [3.05, 3.63) is 77.2 Å². The van der Waals surface area contributed by atoms with Crippen molar-refractivity contribution in [3.63, 3.8) is 0 Å². The molecule has 0 radical (unpaired) electrons. The van der Waals surface area contributed by atoms with Gasteiger partial charge < -0.3 is 14.8 Å². The van der Waals surface area contributed by atoms with E-state index in [4.69, 9.17) is 9.47 Å². The molecule has 2 atom stereocenters. The van der Waals surface area contributed by atoms with Gasteiger partial charge in [-0.2, -0.15) is 0 Å². The summed E-state index contributed by atoms with van der Waals surface area (Å²) in [6.07, 6.45) is 4.60. The van der Waals surface area contributed by atoms with Crippen LogP contribution in [0.4, 0.5) is 16.0 Å². The van der Waals surface area contributed by atoms with E-state index in [9.17, 15) is 17.6 Å². The number of nitrogens with zero attached hydrogens (tertiary/aromatic N) is 3. The van der Waals surface area contributed by atoms with E-state index < -0.39 is 33.8 Å². The second kappa shape index (κ2) is 12.9. The number of ether oxygens (including phenoxy) is 2. The minimum Gasteiger partial charge on any atom is -0.347 e. The van der Waals surface area contributed by atoms with Gasteiger partial charge in [0.1, 0.15) is 5.82 Å². The number of hydrogen-bond acceptors (Lipinski definition) is 7. The van der Waals surface area contributed by atoms with E-state index in [2.05, 4.69) is 15.3 Å². The van der Waals surface area contributed by atoms with Gasteiger partial charge in [0, 0.05) is 30.3 Å². The number of sulfonamides is 1. The largest absolute Gasteiger partial charge is 0.347 e. The van der Waals surface area contributed by atoms with E-state index in [0.717, 1.165) is 21.8 Å². The van der Waals surface area contributed by atoms with Crippen LogP contribution in [-0.4, -0.2) is 55.6 Å². The predicted molar refractivity (Wildman–Crippen MR) is 167 cm³/mol. The molecule has 1 amide bonds. The van der Waals surface area contributed by atoms with Crippen molar-refractivity contribution in [2.45, 2.75) is 71.4 Å². The fraction of sp³-hybridized carbons (Fsp3) is 0.406. The van der Waals surface area contributed by atoms with Gasteiger partial charge in [0.15, 0.2) is 5.79 Å². The van der Waals surface area contributed by atoms with Crippen LogP contribution < -0.4 is 9.62 Å². The molecule has 1 aliphatic rings. The minimum absolute atomic E-state index is 0.0192. The molecule has 9 nitrogen and oxygen atoms in total. The number of halogens is 1. The Labute approximate surface area is 253 Å². The highest BCUT2D eigenvalue weighted by molar-refractivity contribution is 7.92. The fourth-order valence-electron chi connectivity index (χ4n) is 4.85. The Bertz CT molecular complexity index is 1590. The monoisotopic (exact) mass is 610 g/mol. The number of aryl methyl sites for hydroxylation is 1. The molecule has 0 saturated carbocycles. The maximum atomic E-state index is 13.8. The predicted octanol–water partition coefficient (Wildman–Crippen LogP) is 6.06. The Morgan fingerprint density at radius 1 is 1.12 bits per heavy atom. The normalized spacial score (nSPS) is 18.6. The van der Waals surface area contributed by atoms with Crippen LogP contribution >= 0.6 is 0 Å². The zero-order valence-electron chi connectivity index (χ0n) is 25.6. The van der Waals surface area contributed by atoms with Gasteiger partial charge in [-0.3, -0.25) is 4.79 Å². The molecule has 1 N–H and O–H groups in total. The van der Waals surface area contributed by atoms with Crippen molar-refractivity contribution >= 4 is 33.6 Å². The third-order valence-electron chi connectivity index (χ3n) is 7.01. The summed E-state index contributed by atoms with van der Waals surface area (Å²) in [7, 11) is -2.24. The zero-order valence-corrected chi connectivity index (χ0v) is 26.4. The first-order valence-corrected chi connectivity index (χ1v) is 16.0. The van der Waals surface area contributed by atoms with Crippen LogP contribution in [0.25, 0.3) is 17.3 Å². The van der Waals surface area contributed by atoms with Gasteiger partial charge in [-0.25, -0.2) is 27.1 Å². The topological polar surface area (TPSA) is 111 Å². The summed E-state index contributed by atoms with van der Waals surface area (Å²) in [5.41, 5.74) is 4.17. The molecule has 1 aliphatic heterocycles. The van der Waals surface area contributed by atoms with Gasteiger partial charge in [0.25, 0.3) is 0 Å². The number of benzene rings is 2. The molecule has 2 heterocycles. The summed E-state index contributed by atoms with van der Waals surface area (Å²) in [4.78, 5) is 22.1. The summed E-state index contributed by atoms with van der Waals surface area (Å²) < 4.78 is 51.8. The Balaban J connectivity index is 1.66. The number of amides is 1. The highest BCUT2D eigenvalue weighted by Crippen LogP contribution is 2.34. The molecule has 43 heavy (non-hydrogen) atoms. The number of rotatable bonds is 9. The molecule has 1 aromatic heterocycles. The molecule has 4 rings (SSSR count). The first-order valence-electron chi connectivity index (χ1n) is 14.1. The number of aromatic nitrogens is 2. The van der Waals surface area contributed by atoms with Gasteiger partial charge in [0.2, 0.25) is 21.9 Å². The van der Waals surface area contributed by atoms with Crippen LogP contribution in [0.5, 0.6) is 0 Å². The first-order chi connectivity index (χ1) is 20.1. The fourth-order valence-corrected chi connectivity index (χ4v) is 5.23. The maximum Gasteiger partial charge on any atom is 0.239 e. The zero-order chi connectivity index (χ0) is 31.5. The lowest BCUT2D eigenvalue weighted by Gasteiger charge is -2.39. The third-order valence-corrected chi connectivity index (χ3v) is 8.17. The molecule has 11 heteroatoms. The highest BCUT2D eigenvalue weighted by atomic mass is 32.2. The van der Waals surface area contributed by atoms with Crippen molar-refractivity contribution < 1.29 is 27.1 Å². The molecule has 0 bridgehead atoms. The Morgan fingerprint density at radius 3 is 2.37 bits per heavy atom. The van der Waals surface area contributed by atoms with Gasteiger partial charge in [0.05, 0.1) is 36.3 Å². The third kappa shape index (κ3) is 8.46. The molecule has 0 unspecified atom stereocenters. The number of carbonyl (C=O) groups excluding carboxylic acids is 1. The van der Waals surface area contributed by atoms with Crippen molar-refractivity contribution in [1.82, 2.24) is 9.97 Å².